The van der Waals surface area contributed by atoms with Crippen molar-refractivity contribution in [2.24, 2.45) is 0 Å². The first kappa shape index (κ1) is 20.4. The highest BCUT2D eigenvalue weighted by Crippen LogP contribution is 2.33. The summed E-state index contributed by atoms with van der Waals surface area (Å²) < 4.78 is 3.78. The summed E-state index contributed by atoms with van der Waals surface area (Å²) in [4.78, 5) is 28.8. The van der Waals surface area contributed by atoms with Gasteiger partial charge in [0, 0.05) is 26.5 Å². The second-order valence-corrected chi connectivity index (χ2v) is 9.12. The lowest BCUT2D eigenvalue weighted by Crippen LogP contribution is -2.49. The van der Waals surface area contributed by atoms with Crippen LogP contribution in [0.4, 0.5) is 5.69 Å². The van der Waals surface area contributed by atoms with Gasteiger partial charge in [0.05, 0.1) is 0 Å². The van der Waals surface area contributed by atoms with Crippen LogP contribution in [0.15, 0.2) is 47.2 Å². The van der Waals surface area contributed by atoms with Gasteiger partial charge in [-0.1, -0.05) is 22.2 Å². The maximum absolute atomic E-state index is 13.3. The van der Waals surface area contributed by atoms with E-state index < -0.39 is 17.5 Å². The first-order valence-electron chi connectivity index (χ1n) is 8.48. The molecule has 2 aromatic heterocycles. The molecule has 9 heteroatoms. The molecule has 1 N–H and O–H groups in total. The summed E-state index contributed by atoms with van der Waals surface area (Å²) in [5, 5.41) is 10.9. The topological polar surface area (TPSA) is 75.2 Å². The smallest absolute Gasteiger partial charge is 0.280 e. The molecule has 0 radical (unpaired) electrons. The average molecular weight is 435 g/mol. The van der Waals surface area contributed by atoms with E-state index in [0.717, 1.165) is 16.4 Å². The Hall–Kier alpha value is -2.29. The molecule has 6 nitrogen and oxygen atoms in total. The minimum atomic E-state index is -0.852. The van der Waals surface area contributed by atoms with Gasteiger partial charge >= 0.3 is 0 Å². The summed E-state index contributed by atoms with van der Waals surface area (Å²) in [5.74, 6) is -0.681. The molecule has 0 bridgehead atoms. The second kappa shape index (κ2) is 8.38. The fourth-order valence-electron chi connectivity index (χ4n) is 2.62. The number of hydrogen-bond donors (Lipinski definition) is 1. The van der Waals surface area contributed by atoms with E-state index in [4.69, 9.17) is 11.6 Å². The molecule has 0 aliphatic carbocycles. The molecular formula is C19H19ClN4O2S2. The first-order chi connectivity index (χ1) is 13.3. The lowest BCUT2D eigenvalue weighted by molar-refractivity contribution is -0.123. The zero-order valence-electron chi connectivity index (χ0n) is 15.5. The molecule has 0 saturated heterocycles. The molecule has 1 unspecified atom stereocenters. The monoisotopic (exact) mass is 434 g/mol. The summed E-state index contributed by atoms with van der Waals surface area (Å²) in [6.07, 6.45) is 0. The van der Waals surface area contributed by atoms with Gasteiger partial charge in [0.2, 0.25) is 5.91 Å². The van der Waals surface area contributed by atoms with Crippen LogP contribution in [0.3, 0.4) is 0 Å². The maximum Gasteiger partial charge on any atom is 0.280 e. The molecule has 2 heterocycles. The van der Waals surface area contributed by atoms with Crippen molar-refractivity contribution in [2.45, 2.75) is 32.4 Å². The van der Waals surface area contributed by atoms with Crippen LogP contribution in [-0.4, -0.2) is 26.9 Å². The summed E-state index contributed by atoms with van der Waals surface area (Å²) >= 11 is 8.52. The minimum absolute atomic E-state index is 0.185. The van der Waals surface area contributed by atoms with Crippen molar-refractivity contribution in [1.29, 1.82) is 0 Å². The Morgan fingerprint density at radius 3 is 2.43 bits per heavy atom. The zero-order valence-corrected chi connectivity index (χ0v) is 17.9. The molecule has 0 aliphatic rings. The van der Waals surface area contributed by atoms with E-state index in [9.17, 15) is 9.59 Å². The highest BCUT2D eigenvalue weighted by atomic mass is 35.5. The number of aromatic nitrogens is 2. The van der Waals surface area contributed by atoms with Crippen molar-refractivity contribution in [2.75, 3.05) is 4.90 Å². The van der Waals surface area contributed by atoms with Gasteiger partial charge < -0.3 is 5.32 Å². The Morgan fingerprint density at radius 1 is 1.18 bits per heavy atom. The number of halogens is 1. The third-order valence-corrected chi connectivity index (χ3v) is 5.40. The van der Waals surface area contributed by atoms with Gasteiger partial charge in [0.25, 0.3) is 5.91 Å². The maximum atomic E-state index is 13.3. The largest absolute Gasteiger partial charge is 0.349 e. The van der Waals surface area contributed by atoms with Crippen molar-refractivity contribution >= 4 is 52.0 Å². The fraction of sp³-hybridized carbons (Fsp3) is 0.263. The molecule has 0 fully saturated rings. The standard InChI is InChI=1S/C19H19ClN4O2S2/c1-19(2,3)21-17(25)16(15-5-4-10-27-15)24(13-8-6-12(20)7-9-13)18(26)14-11-28-23-22-14/h4-11,16H,1-3H3,(H,21,25). The van der Waals surface area contributed by atoms with Gasteiger partial charge in [-0.25, -0.2) is 0 Å². The van der Waals surface area contributed by atoms with Crippen molar-refractivity contribution in [3.8, 4) is 0 Å². The Bertz CT molecular complexity index is 935. The molecule has 0 aliphatic heterocycles. The number of carbonyl (C=O) groups excluding carboxylic acids is 2. The molecule has 3 aromatic rings. The van der Waals surface area contributed by atoms with Crippen LogP contribution in [0.1, 0.15) is 42.2 Å². The van der Waals surface area contributed by atoms with Crippen LogP contribution in [0, 0.1) is 0 Å². The highest BCUT2D eigenvalue weighted by molar-refractivity contribution is 7.10. The number of anilines is 1. The van der Waals surface area contributed by atoms with E-state index in [1.54, 1.807) is 29.6 Å². The molecule has 3 rings (SSSR count). The third kappa shape index (κ3) is 4.76. The Morgan fingerprint density at radius 2 is 1.89 bits per heavy atom. The van der Waals surface area contributed by atoms with E-state index in [1.807, 2.05) is 38.3 Å². The van der Waals surface area contributed by atoms with Crippen molar-refractivity contribution < 1.29 is 9.59 Å². The summed E-state index contributed by atoms with van der Waals surface area (Å²) in [6, 6.07) is 9.64. The van der Waals surface area contributed by atoms with Crippen molar-refractivity contribution in [1.82, 2.24) is 14.9 Å². The minimum Gasteiger partial charge on any atom is -0.349 e. The van der Waals surface area contributed by atoms with Crippen molar-refractivity contribution in [3.05, 3.63) is 62.8 Å². The zero-order chi connectivity index (χ0) is 20.3. The number of thiophene rings is 1. The average Bonchev–Trinajstić information content (AvgIpc) is 3.32. The molecule has 1 aromatic carbocycles. The third-order valence-electron chi connectivity index (χ3n) is 3.72. The molecule has 28 heavy (non-hydrogen) atoms. The van der Waals surface area contributed by atoms with E-state index in [1.165, 1.54) is 16.2 Å². The number of hydrogen-bond acceptors (Lipinski definition) is 6. The van der Waals surface area contributed by atoms with Gasteiger partial charge in [-0.15, -0.1) is 16.4 Å². The van der Waals surface area contributed by atoms with Crippen LogP contribution in [0.5, 0.6) is 0 Å². The normalized spacial score (nSPS) is 12.4. The molecule has 146 valence electrons. The van der Waals surface area contributed by atoms with Gasteiger partial charge in [-0.3, -0.25) is 14.5 Å². The van der Waals surface area contributed by atoms with E-state index in [-0.39, 0.29) is 11.6 Å². The van der Waals surface area contributed by atoms with Crippen LogP contribution in [0.25, 0.3) is 0 Å². The first-order valence-corrected chi connectivity index (χ1v) is 10.6. The summed E-state index contributed by atoms with van der Waals surface area (Å²) in [6.45, 7) is 5.69. The number of carbonyl (C=O) groups is 2. The number of nitrogens with one attached hydrogen (secondary N) is 1. The van der Waals surface area contributed by atoms with E-state index in [0.29, 0.717) is 10.7 Å². The van der Waals surface area contributed by atoms with E-state index in [2.05, 4.69) is 14.9 Å². The SMILES string of the molecule is CC(C)(C)NC(=O)C(c1cccs1)N(C(=O)c1csnn1)c1ccc(Cl)cc1. The Labute approximate surface area is 176 Å². The summed E-state index contributed by atoms with van der Waals surface area (Å²) in [5.41, 5.74) is 0.277. The Balaban J connectivity index is 2.12. The van der Waals surface area contributed by atoms with E-state index >= 15 is 0 Å². The number of nitrogens with zero attached hydrogens (tertiary/aromatic N) is 3. The molecule has 2 amide bonds. The lowest BCUT2D eigenvalue weighted by atomic mass is 10.1. The highest BCUT2D eigenvalue weighted by Gasteiger charge is 2.36. The second-order valence-electron chi connectivity index (χ2n) is 7.10. The quantitative estimate of drug-likeness (QED) is 0.638. The summed E-state index contributed by atoms with van der Waals surface area (Å²) in [7, 11) is 0. The lowest BCUT2D eigenvalue weighted by Gasteiger charge is -2.32. The molecular weight excluding hydrogens is 416 g/mol. The van der Waals surface area contributed by atoms with Crippen LogP contribution < -0.4 is 10.2 Å². The predicted octanol–water partition coefficient (Wildman–Crippen LogP) is 4.56. The van der Waals surface area contributed by atoms with Gasteiger partial charge in [-0.05, 0) is 68.0 Å². The molecule has 0 spiro atoms. The molecule has 1 atom stereocenters. The van der Waals surface area contributed by atoms with Gasteiger partial charge in [0.1, 0.15) is 0 Å². The van der Waals surface area contributed by atoms with Crippen molar-refractivity contribution in [3.63, 3.8) is 0 Å². The number of benzene rings is 1. The van der Waals surface area contributed by atoms with Crippen LogP contribution >= 0.6 is 34.5 Å². The Kier molecular flexibility index (Phi) is 6.12. The molecule has 0 saturated carbocycles. The van der Waals surface area contributed by atoms with Crippen LogP contribution in [0.2, 0.25) is 5.02 Å². The number of rotatable bonds is 5. The fourth-order valence-corrected chi connectivity index (χ4v) is 3.99. The number of amides is 2. The predicted molar refractivity (Wildman–Crippen MR) is 113 cm³/mol. The van der Waals surface area contributed by atoms with Gasteiger partial charge in [0.15, 0.2) is 11.7 Å². The van der Waals surface area contributed by atoms with Gasteiger partial charge in [-0.2, -0.15) is 0 Å². The van der Waals surface area contributed by atoms with Crippen LogP contribution in [-0.2, 0) is 4.79 Å².